The molecule has 0 saturated carbocycles. The molecular weight excluding hydrogens is 248 g/mol. The Morgan fingerprint density at radius 2 is 1.95 bits per heavy atom. The lowest BCUT2D eigenvalue weighted by Gasteiger charge is -2.16. The highest BCUT2D eigenvalue weighted by Crippen LogP contribution is 2.04. The summed E-state index contributed by atoms with van der Waals surface area (Å²) in [7, 11) is 2.15. The predicted molar refractivity (Wildman–Crippen MR) is 82.7 cm³/mol. The second-order valence-electron chi connectivity index (χ2n) is 4.99. The zero-order valence-electron chi connectivity index (χ0n) is 12.2. The minimum atomic E-state index is 0.802. The summed E-state index contributed by atoms with van der Waals surface area (Å²) in [4.78, 5) is 10.7. The number of benzene rings is 1. The highest BCUT2D eigenvalue weighted by Gasteiger charge is 2.00. The molecule has 2 rings (SSSR count). The van der Waals surface area contributed by atoms with Crippen LogP contribution in [0.4, 0.5) is 5.82 Å². The van der Waals surface area contributed by atoms with E-state index in [1.54, 1.807) is 6.20 Å². The van der Waals surface area contributed by atoms with E-state index in [0.29, 0.717) is 0 Å². The van der Waals surface area contributed by atoms with E-state index >= 15 is 0 Å². The van der Waals surface area contributed by atoms with Gasteiger partial charge in [0.05, 0.1) is 0 Å². The first kappa shape index (κ1) is 14.5. The Kier molecular flexibility index (Phi) is 5.50. The van der Waals surface area contributed by atoms with Crippen LogP contribution < -0.4 is 5.32 Å². The maximum Gasteiger partial charge on any atom is 0.129 e. The third kappa shape index (κ3) is 4.97. The summed E-state index contributed by atoms with van der Waals surface area (Å²) < 4.78 is 0. The van der Waals surface area contributed by atoms with Crippen molar-refractivity contribution in [1.82, 2.24) is 14.9 Å². The molecule has 1 aromatic carbocycles. The Morgan fingerprint density at radius 1 is 1.15 bits per heavy atom. The SMILES string of the molecule is Cc1nccc(NCCCN(C)Cc2ccccc2)n1. The first-order valence-electron chi connectivity index (χ1n) is 7.00. The van der Waals surface area contributed by atoms with Crippen molar-refractivity contribution in [1.29, 1.82) is 0 Å². The molecule has 20 heavy (non-hydrogen) atoms. The van der Waals surface area contributed by atoms with Crippen LogP contribution in [0.5, 0.6) is 0 Å². The predicted octanol–water partition coefficient (Wildman–Crippen LogP) is 2.72. The molecule has 1 aromatic heterocycles. The summed E-state index contributed by atoms with van der Waals surface area (Å²) in [5.74, 6) is 1.71. The van der Waals surface area contributed by atoms with Crippen molar-refractivity contribution in [2.75, 3.05) is 25.5 Å². The monoisotopic (exact) mass is 270 g/mol. The Morgan fingerprint density at radius 3 is 2.70 bits per heavy atom. The fourth-order valence-electron chi connectivity index (χ4n) is 2.09. The first-order valence-corrected chi connectivity index (χ1v) is 7.00. The summed E-state index contributed by atoms with van der Waals surface area (Å²) in [6.45, 7) is 4.88. The molecule has 1 heterocycles. The van der Waals surface area contributed by atoms with E-state index < -0.39 is 0 Å². The summed E-state index contributed by atoms with van der Waals surface area (Å²) in [5.41, 5.74) is 1.36. The van der Waals surface area contributed by atoms with Gasteiger partial charge >= 0.3 is 0 Å². The lowest BCUT2D eigenvalue weighted by molar-refractivity contribution is 0.325. The minimum Gasteiger partial charge on any atom is -0.370 e. The minimum absolute atomic E-state index is 0.802. The van der Waals surface area contributed by atoms with Crippen molar-refractivity contribution >= 4 is 5.82 Å². The van der Waals surface area contributed by atoms with Crippen LogP contribution in [0.25, 0.3) is 0 Å². The molecule has 0 aliphatic rings. The van der Waals surface area contributed by atoms with Crippen LogP contribution in [0.2, 0.25) is 0 Å². The number of hydrogen-bond acceptors (Lipinski definition) is 4. The van der Waals surface area contributed by atoms with E-state index in [0.717, 1.165) is 37.7 Å². The van der Waals surface area contributed by atoms with Gasteiger partial charge in [-0.25, -0.2) is 9.97 Å². The van der Waals surface area contributed by atoms with Crippen LogP contribution in [0.3, 0.4) is 0 Å². The molecule has 4 heteroatoms. The Bertz CT molecular complexity index is 513. The summed E-state index contributed by atoms with van der Waals surface area (Å²) in [6.07, 6.45) is 2.87. The number of anilines is 1. The zero-order chi connectivity index (χ0) is 14.2. The molecule has 0 saturated heterocycles. The molecule has 4 nitrogen and oxygen atoms in total. The largest absolute Gasteiger partial charge is 0.370 e. The standard InChI is InChI=1S/C16H22N4/c1-14-17-11-9-16(19-14)18-10-6-12-20(2)13-15-7-4-3-5-8-15/h3-5,7-9,11H,6,10,12-13H2,1-2H3,(H,17,18,19). The molecule has 0 spiro atoms. The molecule has 0 radical (unpaired) electrons. The van der Waals surface area contributed by atoms with Crippen molar-refractivity contribution in [2.24, 2.45) is 0 Å². The van der Waals surface area contributed by atoms with E-state index in [1.807, 2.05) is 13.0 Å². The molecule has 2 aromatic rings. The Labute approximate surface area is 120 Å². The first-order chi connectivity index (χ1) is 9.74. The highest BCUT2D eigenvalue weighted by atomic mass is 15.1. The molecule has 0 aliphatic heterocycles. The molecule has 0 fully saturated rings. The van der Waals surface area contributed by atoms with Crippen LogP contribution in [0.15, 0.2) is 42.6 Å². The number of aryl methyl sites for hydroxylation is 1. The van der Waals surface area contributed by atoms with Gasteiger partial charge in [-0.2, -0.15) is 0 Å². The molecular formula is C16H22N4. The van der Waals surface area contributed by atoms with Crippen molar-refractivity contribution in [3.05, 3.63) is 54.0 Å². The van der Waals surface area contributed by atoms with Crippen LogP contribution in [0, 0.1) is 6.92 Å². The van der Waals surface area contributed by atoms with Crippen LogP contribution in [-0.4, -0.2) is 35.0 Å². The van der Waals surface area contributed by atoms with Crippen LogP contribution in [0.1, 0.15) is 17.8 Å². The van der Waals surface area contributed by atoms with Gasteiger partial charge in [-0.1, -0.05) is 30.3 Å². The Hall–Kier alpha value is -1.94. The molecule has 0 amide bonds. The van der Waals surface area contributed by atoms with Gasteiger partial charge in [-0.3, -0.25) is 0 Å². The van der Waals surface area contributed by atoms with E-state index in [4.69, 9.17) is 0 Å². The molecule has 0 bridgehead atoms. The fraction of sp³-hybridized carbons (Fsp3) is 0.375. The lowest BCUT2D eigenvalue weighted by Crippen LogP contribution is -2.21. The van der Waals surface area contributed by atoms with Gasteiger partial charge in [0.25, 0.3) is 0 Å². The summed E-state index contributed by atoms with van der Waals surface area (Å²) >= 11 is 0. The van der Waals surface area contributed by atoms with Gasteiger partial charge < -0.3 is 10.2 Å². The maximum absolute atomic E-state index is 4.32. The normalized spacial score (nSPS) is 10.8. The quantitative estimate of drug-likeness (QED) is 0.785. The van der Waals surface area contributed by atoms with E-state index in [1.165, 1.54) is 5.56 Å². The van der Waals surface area contributed by atoms with Crippen molar-refractivity contribution in [2.45, 2.75) is 19.9 Å². The molecule has 0 aliphatic carbocycles. The second kappa shape index (κ2) is 7.60. The second-order valence-corrected chi connectivity index (χ2v) is 4.99. The number of nitrogens with zero attached hydrogens (tertiary/aromatic N) is 3. The lowest BCUT2D eigenvalue weighted by atomic mass is 10.2. The third-order valence-corrected chi connectivity index (χ3v) is 3.09. The number of aromatic nitrogens is 2. The summed E-state index contributed by atoms with van der Waals surface area (Å²) in [6, 6.07) is 12.5. The smallest absolute Gasteiger partial charge is 0.129 e. The molecule has 0 unspecified atom stereocenters. The molecule has 106 valence electrons. The van der Waals surface area contributed by atoms with E-state index in [2.05, 4.69) is 57.6 Å². The van der Waals surface area contributed by atoms with Gasteiger partial charge in [-0.05, 0) is 38.6 Å². The number of hydrogen-bond donors (Lipinski definition) is 1. The molecule has 0 atom stereocenters. The highest BCUT2D eigenvalue weighted by molar-refractivity contribution is 5.32. The Balaban J connectivity index is 1.66. The summed E-state index contributed by atoms with van der Waals surface area (Å²) in [5, 5.41) is 3.33. The van der Waals surface area contributed by atoms with Crippen molar-refractivity contribution < 1.29 is 0 Å². The van der Waals surface area contributed by atoms with Crippen LogP contribution >= 0.6 is 0 Å². The average molecular weight is 270 g/mol. The average Bonchev–Trinajstić information content (AvgIpc) is 2.45. The number of nitrogens with one attached hydrogen (secondary N) is 1. The fourth-order valence-corrected chi connectivity index (χ4v) is 2.09. The topological polar surface area (TPSA) is 41.1 Å². The maximum atomic E-state index is 4.32. The van der Waals surface area contributed by atoms with Gasteiger partial charge in [0, 0.05) is 19.3 Å². The molecule has 1 N–H and O–H groups in total. The van der Waals surface area contributed by atoms with Gasteiger partial charge in [-0.15, -0.1) is 0 Å². The van der Waals surface area contributed by atoms with Gasteiger partial charge in [0.2, 0.25) is 0 Å². The van der Waals surface area contributed by atoms with Crippen LogP contribution in [-0.2, 0) is 6.54 Å². The van der Waals surface area contributed by atoms with Gasteiger partial charge in [0.15, 0.2) is 0 Å². The van der Waals surface area contributed by atoms with E-state index in [-0.39, 0.29) is 0 Å². The van der Waals surface area contributed by atoms with Gasteiger partial charge in [0.1, 0.15) is 11.6 Å². The third-order valence-electron chi connectivity index (χ3n) is 3.09. The van der Waals surface area contributed by atoms with E-state index in [9.17, 15) is 0 Å². The zero-order valence-corrected chi connectivity index (χ0v) is 12.2. The number of rotatable bonds is 7. The van der Waals surface area contributed by atoms with Crippen molar-refractivity contribution in [3.63, 3.8) is 0 Å². The van der Waals surface area contributed by atoms with Crippen molar-refractivity contribution in [3.8, 4) is 0 Å².